The summed E-state index contributed by atoms with van der Waals surface area (Å²) in [5, 5.41) is 11.8. The molecule has 0 aliphatic rings. The van der Waals surface area contributed by atoms with Crippen LogP contribution >= 0.6 is 0 Å². The number of carboxylic acid groups (broad SMARTS) is 1. The van der Waals surface area contributed by atoms with E-state index in [-0.39, 0.29) is 12.5 Å². The number of carboxylic acids is 1. The Morgan fingerprint density at radius 3 is 2.22 bits per heavy atom. The minimum Gasteiger partial charge on any atom is -0.481 e. The Morgan fingerprint density at radius 1 is 1.11 bits per heavy atom. The number of rotatable bonds is 10. The Balaban J connectivity index is 3.79. The Bertz CT molecular complexity index is 266. The maximum atomic E-state index is 11.6. The first kappa shape index (κ1) is 16.9. The summed E-state index contributed by atoms with van der Waals surface area (Å²) in [6.45, 7) is 5.86. The molecule has 1 unspecified atom stereocenters. The van der Waals surface area contributed by atoms with Crippen molar-refractivity contribution >= 4 is 11.9 Å². The van der Waals surface area contributed by atoms with Crippen molar-refractivity contribution in [3.05, 3.63) is 0 Å². The van der Waals surface area contributed by atoms with Crippen molar-refractivity contribution in [2.24, 2.45) is 5.41 Å². The molecule has 0 aliphatic carbocycles. The lowest BCUT2D eigenvalue weighted by atomic mass is 9.87. The van der Waals surface area contributed by atoms with Gasteiger partial charge in [-0.25, -0.2) is 0 Å². The molecule has 0 fully saturated rings. The van der Waals surface area contributed by atoms with E-state index in [2.05, 4.69) is 12.2 Å². The minimum absolute atomic E-state index is 0.0348. The van der Waals surface area contributed by atoms with Crippen LogP contribution in [-0.4, -0.2) is 23.5 Å². The van der Waals surface area contributed by atoms with Gasteiger partial charge in [-0.2, -0.15) is 0 Å². The molecule has 106 valence electrons. The van der Waals surface area contributed by atoms with Gasteiger partial charge in [0.25, 0.3) is 0 Å². The SMILES string of the molecule is CCCCCCCC(=O)NCC(C)(CC)C(=O)O. The zero-order chi connectivity index (χ0) is 14.0. The van der Waals surface area contributed by atoms with Gasteiger partial charge >= 0.3 is 5.97 Å². The predicted molar refractivity (Wildman–Crippen MR) is 72.4 cm³/mol. The fourth-order valence-electron chi connectivity index (χ4n) is 1.62. The van der Waals surface area contributed by atoms with Crippen LogP contribution in [0.25, 0.3) is 0 Å². The third-order valence-corrected chi connectivity index (χ3v) is 3.48. The molecular formula is C14H27NO3. The van der Waals surface area contributed by atoms with E-state index in [9.17, 15) is 9.59 Å². The second-order valence-electron chi connectivity index (χ2n) is 5.16. The molecule has 4 heteroatoms. The quantitative estimate of drug-likeness (QED) is 0.591. The number of carbonyl (C=O) groups is 2. The summed E-state index contributed by atoms with van der Waals surface area (Å²) in [6.07, 6.45) is 6.56. The van der Waals surface area contributed by atoms with Gasteiger partial charge in [-0.05, 0) is 19.8 Å². The first-order chi connectivity index (χ1) is 8.46. The van der Waals surface area contributed by atoms with Crippen molar-refractivity contribution in [3.63, 3.8) is 0 Å². The number of amides is 1. The van der Waals surface area contributed by atoms with Crippen LogP contribution in [0.4, 0.5) is 0 Å². The molecule has 0 saturated heterocycles. The molecule has 1 amide bonds. The highest BCUT2D eigenvalue weighted by molar-refractivity contribution is 5.78. The summed E-state index contributed by atoms with van der Waals surface area (Å²) >= 11 is 0. The van der Waals surface area contributed by atoms with E-state index in [4.69, 9.17) is 5.11 Å². The summed E-state index contributed by atoms with van der Waals surface area (Å²) in [4.78, 5) is 22.6. The van der Waals surface area contributed by atoms with Gasteiger partial charge in [0.15, 0.2) is 0 Å². The van der Waals surface area contributed by atoms with Crippen LogP contribution in [-0.2, 0) is 9.59 Å². The number of aliphatic carboxylic acids is 1. The molecule has 0 aromatic carbocycles. The number of hydrogen-bond acceptors (Lipinski definition) is 2. The van der Waals surface area contributed by atoms with Crippen molar-refractivity contribution in [2.45, 2.75) is 65.7 Å². The van der Waals surface area contributed by atoms with Crippen LogP contribution in [0.1, 0.15) is 65.7 Å². The summed E-state index contributed by atoms with van der Waals surface area (Å²) in [7, 11) is 0. The van der Waals surface area contributed by atoms with Gasteiger partial charge in [0.2, 0.25) is 5.91 Å². The second-order valence-corrected chi connectivity index (χ2v) is 5.16. The Hall–Kier alpha value is -1.06. The molecule has 0 aromatic heterocycles. The first-order valence-electron chi connectivity index (χ1n) is 6.96. The topological polar surface area (TPSA) is 66.4 Å². The van der Waals surface area contributed by atoms with Crippen LogP contribution < -0.4 is 5.32 Å². The number of nitrogens with one attached hydrogen (secondary N) is 1. The Labute approximate surface area is 110 Å². The van der Waals surface area contributed by atoms with Gasteiger partial charge in [0.1, 0.15) is 0 Å². The van der Waals surface area contributed by atoms with Gasteiger partial charge < -0.3 is 10.4 Å². The van der Waals surface area contributed by atoms with E-state index in [1.807, 2.05) is 6.92 Å². The molecule has 0 aromatic rings. The monoisotopic (exact) mass is 257 g/mol. The highest BCUT2D eigenvalue weighted by atomic mass is 16.4. The molecule has 2 N–H and O–H groups in total. The molecule has 0 saturated carbocycles. The molecule has 0 aliphatic heterocycles. The third kappa shape index (κ3) is 6.62. The number of unbranched alkanes of at least 4 members (excludes halogenated alkanes) is 4. The molecule has 0 radical (unpaired) electrons. The second kappa shape index (κ2) is 8.95. The predicted octanol–water partition coefficient (Wildman–Crippen LogP) is 2.96. The van der Waals surface area contributed by atoms with Gasteiger partial charge in [0.05, 0.1) is 5.41 Å². The Morgan fingerprint density at radius 2 is 1.72 bits per heavy atom. The highest BCUT2D eigenvalue weighted by Crippen LogP contribution is 2.19. The average Bonchev–Trinajstić information content (AvgIpc) is 2.35. The molecule has 18 heavy (non-hydrogen) atoms. The Kier molecular flexibility index (Phi) is 8.42. The van der Waals surface area contributed by atoms with E-state index in [0.29, 0.717) is 12.8 Å². The minimum atomic E-state index is -0.853. The fourth-order valence-corrected chi connectivity index (χ4v) is 1.62. The fraction of sp³-hybridized carbons (Fsp3) is 0.857. The molecule has 0 spiro atoms. The van der Waals surface area contributed by atoms with Crippen molar-refractivity contribution in [3.8, 4) is 0 Å². The summed E-state index contributed by atoms with van der Waals surface area (Å²) < 4.78 is 0. The van der Waals surface area contributed by atoms with E-state index < -0.39 is 11.4 Å². The lowest BCUT2D eigenvalue weighted by Gasteiger charge is -2.23. The lowest BCUT2D eigenvalue weighted by molar-refractivity contribution is -0.148. The van der Waals surface area contributed by atoms with Gasteiger partial charge in [-0.15, -0.1) is 0 Å². The molecular weight excluding hydrogens is 230 g/mol. The summed E-state index contributed by atoms with van der Waals surface area (Å²) in [5.74, 6) is -0.888. The van der Waals surface area contributed by atoms with E-state index in [1.54, 1.807) is 6.92 Å². The van der Waals surface area contributed by atoms with E-state index >= 15 is 0 Å². The van der Waals surface area contributed by atoms with Crippen LogP contribution in [0.5, 0.6) is 0 Å². The van der Waals surface area contributed by atoms with Crippen LogP contribution in [0.2, 0.25) is 0 Å². The van der Waals surface area contributed by atoms with Crippen LogP contribution in [0.15, 0.2) is 0 Å². The normalized spacial score (nSPS) is 13.9. The zero-order valence-electron chi connectivity index (χ0n) is 11.9. The maximum Gasteiger partial charge on any atom is 0.311 e. The van der Waals surface area contributed by atoms with Crippen LogP contribution in [0, 0.1) is 5.41 Å². The third-order valence-electron chi connectivity index (χ3n) is 3.48. The molecule has 0 bridgehead atoms. The van der Waals surface area contributed by atoms with Crippen molar-refractivity contribution in [2.75, 3.05) is 6.54 Å². The largest absolute Gasteiger partial charge is 0.481 e. The molecule has 1 atom stereocenters. The van der Waals surface area contributed by atoms with Gasteiger partial charge in [-0.1, -0.05) is 39.5 Å². The lowest BCUT2D eigenvalue weighted by Crippen LogP contribution is -2.40. The van der Waals surface area contributed by atoms with Crippen molar-refractivity contribution in [1.82, 2.24) is 5.32 Å². The standard InChI is InChI=1S/C14H27NO3/c1-4-6-7-8-9-10-12(16)15-11-14(3,5-2)13(17)18/h4-11H2,1-3H3,(H,15,16)(H,17,18). The van der Waals surface area contributed by atoms with Crippen molar-refractivity contribution in [1.29, 1.82) is 0 Å². The van der Waals surface area contributed by atoms with Crippen molar-refractivity contribution < 1.29 is 14.7 Å². The number of carbonyl (C=O) groups excluding carboxylic acids is 1. The highest BCUT2D eigenvalue weighted by Gasteiger charge is 2.31. The zero-order valence-corrected chi connectivity index (χ0v) is 11.9. The van der Waals surface area contributed by atoms with Gasteiger partial charge in [0, 0.05) is 13.0 Å². The molecule has 0 rings (SSSR count). The maximum absolute atomic E-state index is 11.6. The number of hydrogen-bond donors (Lipinski definition) is 2. The average molecular weight is 257 g/mol. The summed E-state index contributed by atoms with van der Waals surface area (Å²) in [6, 6.07) is 0. The first-order valence-corrected chi connectivity index (χ1v) is 6.96. The van der Waals surface area contributed by atoms with E-state index in [0.717, 1.165) is 12.8 Å². The molecule has 0 heterocycles. The molecule has 4 nitrogen and oxygen atoms in total. The van der Waals surface area contributed by atoms with Crippen LogP contribution in [0.3, 0.4) is 0 Å². The van der Waals surface area contributed by atoms with Gasteiger partial charge in [-0.3, -0.25) is 9.59 Å². The van der Waals surface area contributed by atoms with E-state index in [1.165, 1.54) is 19.3 Å². The summed E-state index contributed by atoms with van der Waals surface area (Å²) in [5.41, 5.74) is -0.849. The smallest absolute Gasteiger partial charge is 0.311 e.